The number of hydrogen-bond donors (Lipinski definition) is 0. The normalized spacial score (nSPS) is 13.7. The summed E-state index contributed by atoms with van der Waals surface area (Å²) in [7, 11) is 3.47. The molecular formula is C26H54O2P2Pd. The summed E-state index contributed by atoms with van der Waals surface area (Å²) in [6.45, 7) is 29.7. The topological polar surface area (TPSA) is 18.5 Å². The Balaban J connectivity index is -0.000000490. The standard InChI is InChI=1S/2C13H27OP.Pd/c2*1-12(2,3)15(13(4,5)6)11-9-8-10-14-7;/h2*8-9H,10-11H2,1-7H3;. The third kappa shape index (κ3) is 19.0. The maximum atomic E-state index is 5.02. The molecule has 0 aromatic heterocycles. The summed E-state index contributed by atoms with van der Waals surface area (Å²) >= 11 is 0. The molecule has 0 aromatic carbocycles. The molecule has 31 heavy (non-hydrogen) atoms. The fourth-order valence-corrected chi connectivity index (χ4v) is 10.7. The molecule has 0 aromatic rings. The first-order valence-corrected chi connectivity index (χ1v) is 14.3. The maximum absolute atomic E-state index is 5.02. The second-order valence-corrected chi connectivity index (χ2v) is 19.6. The third-order valence-electron chi connectivity index (χ3n) is 4.67. The summed E-state index contributed by atoms with van der Waals surface area (Å²) in [4.78, 5) is 0. The van der Waals surface area contributed by atoms with Crippen LogP contribution in [0.1, 0.15) is 83.1 Å². The van der Waals surface area contributed by atoms with Crippen molar-refractivity contribution in [2.45, 2.75) is 104 Å². The van der Waals surface area contributed by atoms with Crippen LogP contribution in [-0.2, 0) is 29.9 Å². The minimum Gasteiger partial charge on any atom is -0.381 e. The molecule has 0 saturated carbocycles. The summed E-state index contributed by atoms with van der Waals surface area (Å²) in [6, 6.07) is 0. The number of ether oxygens (including phenoxy) is 2. The van der Waals surface area contributed by atoms with Crippen LogP contribution >= 0.6 is 15.8 Å². The Kier molecular flexibility index (Phi) is 19.5. The average Bonchev–Trinajstić information content (AvgIpc) is 2.50. The molecule has 0 aliphatic rings. The van der Waals surface area contributed by atoms with E-state index in [4.69, 9.17) is 9.47 Å². The molecule has 0 heterocycles. The van der Waals surface area contributed by atoms with Gasteiger partial charge in [-0.1, -0.05) is 123 Å². The molecule has 190 valence electrons. The fourth-order valence-electron chi connectivity index (χ4n) is 3.80. The molecule has 0 amide bonds. The smallest absolute Gasteiger partial charge is 0.0643 e. The molecular weight excluding hydrogens is 513 g/mol. The van der Waals surface area contributed by atoms with E-state index in [-0.39, 0.29) is 36.3 Å². The van der Waals surface area contributed by atoms with Crippen molar-refractivity contribution in [3.05, 3.63) is 24.3 Å². The Morgan fingerprint density at radius 2 is 0.710 bits per heavy atom. The van der Waals surface area contributed by atoms with Crippen LogP contribution in [0, 0.1) is 0 Å². The Hall–Kier alpha value is 0.922. The van der Waals surface area contributed by atoms with E-state index in [1.54, 1.807) is 14.2 Å². The molecule has 0 aliphatic heterocycles. The van der Waals surface area contributed by atoms with Crippen molar-refractivity contribution in [1.82, 2.24) is 0 Å². The van der Waals surface area contributed by atoms with E-state index in [1.165, 1.54) is 12.3 Å². The second-order valence-electron chi connectivity index (χ2n) is 11.8. The molecule has 0 bridgehead atoms. The summed E-state index contributed by atoms with van der Waals surface area (Å²) in [5.41, 5.74) is 0. The molecule has 0 spiro atoms. The third-order valence-corrected chi connectivity index (χ3v) is 12.3. The zero-order valence-electron chi connectivity index (χ0n) is 23.2. The zero-order chi connectivity index (χ0) is 24.2. The minimum absolute atomic E-state index is 0. The van der Waals surface area contributed by atoms with Gasteiger partial charge in [0, 0.05) is 34.6 Å². The summed E-state index contributed by atoms with van der Waals surface area (Å²) in [5, 5.41) is 1.69. The van der Waals surface area contributed by atoms with Gasteiger partial charge in [0.15, 0.2) is 0 Å². The molecule has 0 radical (unpaired) electrons. The molecule has 0 aliphatic carbocycles. The molecule has 0 atom stereocenters. The van der Waals surface area contributed by atoms with Crippen LogP contribution in [0.2, 0.25) is 0 Å². The maximum Gasteiger partial charge on any atom is 0.0643 e. The van der Waals surface area contributed by atoms with E-state index < -0.39 is 0 Å². The van der Waals surface area contributed by atoms with Crippen LogP contribution in [0.5, 0.6) is 0 Å². The van der Waals surface area contributed by atoms with E-state index >= 15 is 0 Å². The van der Waals surface area contributed by atoms with Crippen LogP contribution < -0.4 is 0 Å². The predicted octanol–water partition coefficient (Wildman–Crippen LogP) is 8.53. The van der Waals surface area contributed by atoms with E-state index in [0.717, 1.165) is 13.2 Å². The Morgan fingerprint density at radius 1 is 0.484 bits per heavy atom. The minimum atomic E-state index is -0.00173. The van der Waals surface area contributed by atoms with Crippen molar-refractivity contribution < 1.29 is 29.9 Å². The van der Waals surface area contributed by atoms with Gasteiger partial charge in [-0.2, -0.15) is 0 Å². The van der Waals surface area contributed by atoms with Gasteiger partial charge in [-0.25, -0.2) is 0 Å². The molecule has 0 fully saturated rings. The largest absolute Gasteiger partial charge is 0.381 e. The van der Waals surface area contributed by atoms with Gasteiger partial charge in [0.2, 0.25) is 0 Å². The van der Waals surface area contributed by atoms with Gasteiger partial charge in [-0.05, 0) is 32.9 Å². The average molecular weight is 567 g/mol. The number of rotatable bonds is 8. The summed E-state index contributed by atoms with van der Waals surface area (Å²) < 4.78 is 10.0. The molecule has 0 saturated heterocycles. The second kappa shape index (κ2) is 16.5. The van der Waals surface area contributed by atoms with Gasteiger partial charge in [0.1, 0.15) is 0 Å². The van der Waals surface area contributed by atoms with Gasteiger partial charge in [0.25, 0.3) is 0 Å². The van der Waals surface area contributed by atoms with Gasteiger partial charge in [0.05, 0.1) is 13.2 Å². The van der Waals surface area contributed by atoms with E-state index in [0.29, 0.717) is 20.6 Å². The first-order chi connectivity index (χ1) is 13.4. The Morgan fingerprint density at radius 3 is 0.871 bits per heavy atom. The molecule has 5 heteroatoms. The van der Waals surface area contributed by atoms with Crippen molar-refractivity contribution in [3.63, 3.8) is 0 Å². The van der Waals surface area contributed by atoms with Gasteiger partial charge >= 0.3 is 0 Å². The van der Waals surface area contributed by atoms with E-state index in [9.17, 15) is 0 Å². The van der Waals surface area contributed by atoms with Crippen LogP contribution in [0.25, 0.3) is 0 Å². The number of methoxy groups -OCH3 is 2. The fraction of sp³-hybridized carbons (Fsp3) is 0.846. The van der Waals surface area contributed by atoms with Crippen LogP contribution in [0.15, 0.2) is 24.3 Å². The first-order valence-electron chi connectivity index (χ1n) is 11.2. The predicted molar refractivity (Wildman–Crippen MR) is 145 cm³/mol. The quantitative estimate of drug-likeness (QED) is 0.166. The summed E-state index contributed by atoms with van der Waals surface area (Å²) in [6.07, 6.45) is 11.2. The number of allylic oxidation sites excluding steroid dienone is 2. The van der Waals surface area contributed by atoms with Crippen molar-refractivity contribution in [2.75, 3.05) is 39.8 Å². The van der Waals surface area contributed by atoms with Gasteiger partial charge < -0.3 is 9.47 Å². The van der Waals surface area contributed by atoms with Crippen molar-refractivity contribution in [1.29, 1.82) is 0 Å². The first kappa shape index (κ1) is 36.5. The van der Waals surface area contributed by atoms with Crippen molar-refractivity contribution in [3.8, 4) is 0 Å². The van der Waals surface area contributed by atoms with Crippen LogP contribution in [0.3, 0.4) is 0 Å². The SMILES string of the molecule is COCC=CCP(C(C)(C)C)C(C)(C)C.COCC=CCP(C(C)(C)C)C(C)(C)C.[Pd]. The number of hydrogen-bond acceptors (Lipinski definition) is 2. The van der Waals surface area contributed by atoms with Crippen molar-refractivity contribution >= 4 is 15.8 Å². The van der Waals surface area contributed by atoms with Crippen LogP contribution in [-0.4, -0.2) is 60.4 Å². The van der Waals surface area contributed by atoms with E-state index in [2.05, 4.69) is 107 Å². The molecule has 2 nitrogen and oxygen atoms in total. The van der Waals surface area contributed by atoms with Gasteiger partial charge in [-0.15, -0.1) is 0 Å². The Labute approximate surface area is 212 Å². The molecule has 0 N–H and O–H groups in total. The molecule has 0 rings (SSSR count). The van der Waals surface area contributed by atoms with Crippen LogP contribution in [0.4, 0.5) is 0 Å². The summed E-state index contributed by atoms with van der Waals surface area (Å²) in [5.74, 6) is 0. The molecule has 0 unspecified atom stereocenters. The van der Waals surface area contributed by atoms with Crippen molar-refractivity contribution in [2.24, 2.45) is 0 Å². The zero-order valence-corrected chi connectivity index (χ0v) is 26.5. The monoisotopic (exact) mass is 566 g/mol. The Bertz CT molecular complexity index is 415. The van der Waals surface area contributed by atoms with Gasteiger partial charge in [-0.3, -0.25) is 0 Å². The van der Waals surface area contributed by atoms with E-state index in [1.807, 2.05) is 0 Å².